The van der Waals surface area contributed by atoms with Gasteiger partial charge in [0.05, 0.1) is 25.2 Å². The number of hydrogen-bond acceptors (Lipinski definition) is 4. The summed E-state index contributed by atoms with van der Waals surface area (Å²) < 4.78 is 11.3. The van der Waals surface area contributed by atoms with Crippen molar-refractivity contribution >= 4 is 0 Å². The lowest BCUT2D eigenvalue weighted by Gasteiger charge is -2.18. The third kappa shape index (κ3) is 5.65. The minimum Gasteiger partial charge on any atom is -0.493 e. The lowest BCUT2D eigenvalue weighted by Crippen LogP contribution is -2.18. The zero-order valence-corrected chi connectivity index (χ0v) is 13.5. The van der Waals surface area contributed by atoms with E-state index in [9.17, 15) is 0 Å². The van der Waals surface area contributed by atoms with Crippen LogP contribution in [-0.4, -0.2) is 19.8 Å². The minimum atomic E-state index is -0.307. The van der Waals surface area contributed by atoms with E-state index in [1.165, 1.54) is 0 Å². The van der Waals surface area contributed by atoms with Crippen LogP contribution in [0.5, 0.6) is 11.5 Å². The first-order chi connectivity index (χ1) is 9.89. The molecule has 1 aromatic rings. The zero-order chi connectivity index (χ0) is 15.9. The molecule has 0 aliphatic rings. The van der Waals surface area contributed by atoms with Gasteiger partial charge in [-0.1, -0.05) is 12.1 Å². The van der Waals surface area contributed by atoms with Gasteiger partial charge in [-0.05, 0) is 51.7 Å². The highest BCUT2D eigenvalue weighted by Crippen LogP contribution is 2.32. The Kier molecular flexibility index (Phi) is 6.51. The molecule has 0 amide bonds. The van der Waals surface area contributed by atoms with Crippen LogP contribution in [0.4, 0.5) is 0 Å². The van der Waals surface area contributed by atoms with Crippen molar-refractivity contribution in [3.63, 3.8) is 0 Å². The molecule has 0 aliphatic heterocycles. The van der Waals surface area contributed by atoms with Crippen LogP contribution < -0.4 is 15.2 Å². The quantitative estimate of drug-likeness (QED) is 0.746. The topological polar surface area (TPSA) is 68.3 Å². The van der Waals surface area contributed by atoms with E-state index < -0.39 is 0 Å². The van der Waals surface area contributed by atoms with Gasteiger partial charge in [-0.3, -0.25) is 0 Å². The Balaban J connectivity index is 2.70. The molecular formula is C17H26N2O2. The Morgan fingerprint density at radius 1 is 1.38 bits per heavy atom. The summed E-state index contributed by atoms with van der Waals surface area (Å²) in [6.45, 7) is 6.42. The van der Waals surface area contributed by atoms with Crippen molar-refractivity contribution in [1.82, 2.24) is 0 Å². The molecule has 0 spiro atoms. The molecule has 0 aromatic heterocycles. The van der Waals surface area contributed by atoms with E-state index in [0.717, 1.165) is 36.3 Å². The smallest absolute Gasteiger partial charge is 0.164 e. The first kappa shape index (κ1) is 17.3. The monoisotopic (exact) mass is 290 g/mol. The van der Waals surface area contributed by atoms with Gasteiger partial charge in [-0.2, -0.15) is 5.26 Å². The highest BCUT2D eigenvalue weighted by molar-refractivity contribution is 5.47. The van der Waals surface area contributed by atoms with Crippen molar-refractivity contribution in [2.45, 2.75) is 46.1 Å². The fraction of sp³-hybridized carbons (Fsp3) is 0.588. The Labute approximate surface area is 127 Å². The summed E-state index contributed by atoms with van der Waals surface area (Å²) >= 11 is 0. The summed E-state index contributed by atoms with van der Waals surface area (Å²) in [6, 6.07) is 8.22. The molecule has 1 unspecified atom stereocenters. The maximum Gasteiger partial charge on any atom is 0.164 e. The predicted molar refractivity (Wildman–Crippen MR) is 84.5 cm³/mol. The van der Waals surface area contributed by atoms with E-state index in [1.807, 2.05) is 39.0 Å². The van der Waals surface area contributed by atoms with Crippen molar-refractivity contribution in [3.05, 3.63) is 23.8 Å². The zero-order valence-electron chi connectivity index (χ0n) is 13.5. The van der Waals surface area contributed by atoms with Crippen molar-refractivity contribution in [2.75, 3.05) is 13.7 Å². The molecule has 1 atom stereocenters. The van der Waals surface area contributed by atoms with Gasteiger partial charge in [0.25, 0.3) is 0 Å². The van der Waals surface area contributed by atoms with Crippen LogP contribution >= 0.6 is 0 Å². The molecule has 21 heavy (non-hydrogen) atoms. The van der Waals surface area contributed by atoms with E-state index in [4.69, 9.17) is 20.5 Å². The molecule has 0 heterocycles. The fourth-order valence-corrected chi connectivity index (χ4v) is 2.14. The number of ether oxygens (including phenoxy) is 2. The molecule has 1 rings (SSSR count). The molecule has 0 fully saturated rings. The molecule has 116 valence electrons. The summed E-state index contributed by atoms with van der Waals surface area (Å²) in [6.07, 6.45) is 2.38. The molecule has 4 nitrogen and oxygen atoms in total. The van der Waals surface area contributed by atoms with Gasteiger partial charge in [0, 0.05) is 6.04 Å². The number of rotatable bonds is 8. The summed E-state index contributed by atoms with van der Waals surface area (Å²) in [5.41, 5.74) is 6.63. The van der Waals surface area contributed by atoms with Crippen molar-refractivity contribution in [1.29, 1.82) is 5.26 Å². The molecule has 0 aliphatic carbocycles. The van der Waals surface area contributed by atoms with Gasteiger partial charge < -0.3 is 15.2 Å². The van der Waals surface area contributed by atoms with Crippen LogP contribution in [0, 0.1) is 16.7 Å². The molecule has 0 bridgehead atoms. The second kappa shape index (κ2) is 7.90. The van der Waals surface area contributed by atoms with Gasteiger partial charge >= 0.3 is 0 Å². The summed E-state index contributed by atoms with van der Waals surface area (Å²) in [4.78, 5) is 0. The largest absolute Gasteiger partial charge is 0.493 e. The van der Waals surface area contributed by atoms with Crippen molar-refractivity contribution in [2.24, 2.45) is 11.1 Å². The van der Waals surface area contributed by atoms with Gasteiger partial charge in [0.15, 0.2) is 11.5 Å². The van der Waals surface area contributed by atoms with Gasteiger partial charge in [0.2, 0.25) is 0 Å². The van der Waals surface area contributed by atoms with E-state index >= 15 is 0 Å². The molecule has 4 heteroatoms. The Hall–Kier alpha value is -1.73. The van der Waals surface area contributed by atoms with Gasteiger partial charge in [0.1, 0.15) is 0 Å². The van der Waals surface area contributed by atoms with E-state index in [-0.39, 0.29) is 11.5 Å². The lowest BCUT2D eigenvalue weighted by molar-refractivity contribution is 0.267. The Morgan fingerprint density at radius 3 is 2.67 bits per heavy atom. The number of para-hydroxylation sites is 1. The Bertz CT molecular complexity index is 490. The van der Waals surface area contributed by atoms with Crippen molar-refractivity contribution < 1.29 is 9.47 Å². The molecule has 0 saturated carbocycles. The van der Waals surface area contributed by atoms with Crippen LogP contribution in [0.15, 0.2) is 18.2 Å². The highest BCUT2D eigenvalue weighted by atomic mass is 16.5. The maximum atomic E-state index is 9.01. The molecule has 0 saturated heterocycles. The van der Waals surface area contributed by atoms with Crippen LogP contribution in [0.25, 0.3) is 0 Å². The summed E-state index contributed by atoms with van der Waals surface area (Å²) in [7, 11) is 1.64. The normalized spacial score (nSPS) is 12.6. The van der Waals surface area contributed by atoms with Crippen LogP contribution in [0.2, 0.25) is 0 Å². The second-order valence-corrected chi connectivity index (χ2v) is 6.08. The average Bonchev–Trinajstić information content (AvgIpc) is 2.44. The van der Waals surface area contributed by atoms with Gasteiger partial charge in [-0.15, -0.1) is 0 Å². The number of hydrogen-bond donors (Lipinski definition) is 1. The Morgan fingerprint density at radius 2 is 2.10 bits per heavy atom. The highest BCUT2D eigenvalue weighted by Gasteiger charge is 2.17. The first-order valence-electron chi connectivity index (χ1n) is 7.35. The average molecular weight is 290 g/mol. The SMILES string of the molecule is COc1cccc(CC(C)N)c1OCCCC(C)(C)C#N. The number of methoxy groups -OCH3 is 1. The third-order valence-corrected chi connectivity index (χ3v) is 3.32. The van der Waals surface area contributed by atoms with E-state index in [0.29, 0.717) is 6.61 Å². The second-order valence-electron chi connectivity index (χ2n) is 6.08. The minimum absolute atomic E-state index is 0.0666. The van der Waals surface area contributed by atoms with Crippen molar-refractivity contribution in [3.8, 4) is 17.6 Å². The molecule has 0 radical (unpaired) electrons. The van der Waals surface area contributed by atoms with Crippen LogP contribution in [0.3, 0.4) is 0 Å². The van der Waals surface area contributed by atoms with E-state index in [2.05, 4.69) is 6.07 Å². The molecule has 1 aromatic carbocycles. The van der Waals surface area contributed by atoms with Crippen LogP contribution in [-0.2, 0) is 6.42 Å². The number of nitrogens with two attached hydrogens (primary N) is 1. The summed E-state index contributed by atoms with van der Waals surface area (Å²) in [5, 5.41) is 9.01. The van der Waals surface area contributed by atoms with Crippen LogP contribution in [0.1, 0.15) is 39.2 Å². The molecular weight excluding hydrogens is 264 g/mol. The fourth-order valence-electron chi connectivity index (χ4n) is 2.14. The summed E-state index contributed by atoms with van der Waals surface area (Å²) in [5.74, 6) is 1.50. The van der Waals surface area contributed by atoms with E-state index in [1.54, 1.807) is 7.11 Å². The first-order valence-corrected chi connectivity index (χ1v) is 7.35. The third-order valence-electron chi connectivity index (χ3n) is 3.32. The number of nitrogens with zero attached hydrogens (tertiary/aromatic N) is 1. The van der Waals surface area contributed by atoms with Gasteiger partial charge in [-0.25, -0.2) is 0 Å². The maximum absolute atomic E-state index is 9.01. The predicted octanol–water partition coefficient (Wildman–Crippen LogP) is 3.29. The standard InChI is InChI=1S/C17H26N2O2/c1-13(19)11-14-7-5-8-15(20-4)16(14)21-10-6-9-17(2,3)12-18/h5,7-8,13H,6,9-11,19H2,1-4H3. The number of nitriles is 1. The molecule has 2 N–H and O–H groups in total. The number of benzene rings is 1. The lowest BCUT2D eigenvalue weighted by atomic mass is 9.90.